The van der Waals surface area contributed by atoms with Gasteiger partial charge in [0.05, 0.1) is 32.9 Å². The third kappa shape index (κ3) is 2.17. The second-order valence-electron chi connectivity index (χ2n) is 7.24. The van der Waals surface area contributed by atoms with Crippen LogP contribution >= 0.6 is 11.3 Å². The van der Waals surface area contributed by atoms with Crippen LogP contribution in [0.2, 0.25) is 0 Å². The average molecular weight is 399 g/mol. The summed E-state index contributed by atoms with van der Waals surface area (Å²) in [6.45, 7) is 0. The molecule has 0 atom stereocenters. The molecule has 0 unspecified atom stereocenters. The first-order valence-corrected chi connectivity index (χ1v) is 10.4. The van der Waals surface area contributed by atoms with E-state index in [0.717, 1.165) is 47.7 Å². The van der Waals surface area contributed by atoms with Crippen molar-refractivity contribution in [3.8, 4) is 17.8 Å². The van der Waals surface area contributed by atoms with E-state index in [-0.39, 0.29) is 0 Å². The molecular formula is C26H13N3S. The van der Waals surface area contributed by atoms with E-state index in [9.17, 15) is 10.5 Å². The minimum absolute atomic E-state index is 0.683. The van der Waals surface area contributed by atoms with Crippen LogP contribution in [0.5, 0.6) is 0 Å². The van der Waals surface area contributed by atoms with Gasteiger partial charge in [0.2, 0.25) is 0 Å². The number of nitrogens with zero attached hydrogens (tertiary/aromatic N) is 3. The van der Waals surface area contributed by atoms with Gasteiger partial charge in [0, 0.05) is 31.9 Å². The van der Waals surface area contributed by atoms with Crippen molar-refractivity contribution in [1.82, 2.24) is 4.57 Å². The monoisotopic (exact) mass is 399 g/mol. The largest absolute Gasteiger partial charge is 0.309 e. The van der Waals surface area contributed by atoms with Gasteiger partial charge in [0.1, 0.15) is 6.07 Å². The predicted molar refractivity (Wildman–Crippen MR) is 123 cm³/mol. The molecule has 4 aromatic carbocycles. The highest BCUT2D eigenvalue weighted by molar-refractivity contribution is 7.26. The van der Waals surface area contributed by atoms with Gasteiger partial charge in [-0.05, 0) is 42.5 Å². The van der Waals surface area contributed by atoms with Gasteiger partial charge in [-0.3, -0.25) is 0 Å². The van der Waals surface area contributed by atoms with Crippen LogP contribution in [0.15, 0.2) is 78.9 Å². The van der Waals surface area contributed by atoms with Gasteiger partial charge < -0.3 is 4.57 Å². The Morgan fingerprint density at radius 2 is 1.40 bits per heavy atom. The van der Waals surface area contributed by atoms with Crippen LogP contribution in [0.1, 0.15) is 11.1 Å². The van der Waals surface area contributed by atoms with Crippen LogP contribution in [0, 0.1) is 22.7 Å². The topological polar surface area (TPSA) is 52.5 Å². The summed E-state index contributed by atoms with van der Waals surface area (Å²) in [4.78, 5) is 0. The Morgan fingerprint density at radius 1 is 0.667 bits per heavy atom. The number of benzene rings is 4. The lowest BCUT2D eigenvalue weighted by Gasteiger charge is -2.08. The molecule has 0 bridgehead atoms. The van der Waals surface area contributed by atoms with Gasteiger partial charge in [-0.1, -0.05) is 36.4 Å². The summed E-state index contributed by atoms with van der Waals surface area (Å²) in [5.41, 5.74) is 4.54. The standard InChI is InChI=1S/C26H13N3S/c27-14-16-5-4-10-23-25(16)20-7-1-2-9-22(20)29(23)18-11-12-24-21(13-18)19-8-3-6-17(15-28)26(19)30-24/h1-13H. The molecule has 30 heavy (non-hydrogen) atoms. The Morgan fingerprint density at radius 3 is 2.27 bits per heavy atom. The molecule has 4 heteroatoms. The van der Waals surface area contributed by atoms with Crippen molar-refractivity contribution in [2.24, 2.45) is 0 Å². The summed E-state index contributed by atoms with van der Waals surface area (Å²) >= 11 is 1.66. The molecule has 0 N–H and O–H groups in total. The van der Waals surface area contributed by atoms with Gasteiger partial charge in [0.25, 0.3) is 0 Å². The third-order valence-corrected chi connectivity index (χ3v) is 6.90. The molecule has 0 aliphatic carbocycles. The molecule has 6 rings (SSSR count). The average Bonchev–Trinajstić information content (AvgIpc) is 3.34. The molecule has 0 aliphatic rings. The Kier molecular flexibility index (Phi) is 3.47. The van der Waals surface area contributed by atoms with Crippen LogP contribution in [0.3, 0.4) is 0 Å². The van der Waals surface area contributed by atoms with E-state index in [1.807, 2.05) is 36.4 Å². The first-order valence-electron chi connectivity index (χ1n) is 9.58. The van der Waals surface area contributed by atoms with Crippen molar-refractivity contribution in [2.75, 3.05) is 0 Å². The van der Waals surface area contributed by atoms with E-state index in [2.05, 4.69) is 59.2 Å². The number of hydrogen-bond acceptors (Lipinski definition) is 3. The molecular weight excluding hydrogens is 386 g/mol. The second-order valence-corrected chi connectivity index (χ2v) is 8.29. The Balaban J connectivity index is 1.75. The minimum Gasteiger partial charge on any atom is -0.309 e. The van der Waals surface area contributed by atoms with Crippen LogP contribution < -0.4 is 0 Å². The van der Waals surface area contributed by atoms with Gasteiger partial charge in [0.15, 0.2) is 0 Å². The quantitative estimate of drug-likeness (QED) is 0.302. The lowest BCUT2D eigenvalue weighted by Crippen LogP contribution is -1.93. The van der Waals surface area contributed by atoms with Crippen LogP contribution in [-0.2, 0) is 0 Å². The number of para-hydroxylation sites is 1. The smallest absolute Gasteiger partial charge is 0.101 e. The van der Waals surface area contributed by atoms with Crippen molar-refractivity contribution < 1.29 is 0 Å². The maximum atomic E-state index is 9.67. The van der Waals surface area contributed by atoms with Crippen molar-refractivity contribution in [2.45, 2.75) is 0 Å². The molecule has 0 saturated carbocycles. The van der Waals surface area contributed by atoms with E-state index >= 15 is 0 Å². The molecule has 2 heterocycles. The van der Waals surface area contributed by atoms with Gasteiger partial charge >= 0.3 is 0 Å². The fourth-order valence-corrected chi connectivity index (χ4v) is 5.55. The predicted octanol–water partition coefficient (Wildman–Crippen LogP) is 6.89. The number of aromatic nitrogens is 1. The first kappa shape index (κ1) is 16.8. The third-order valence-electron chi connectivity index (χ3n) is 5.68. The molecule has 2 aromatic heterocycles. The number of rotatable bonds is 1. The summed E-state index contributed by atoms with van der Waals surface area (Å²) in [6, 6.07) is 31.1. The number of fused-ring (bicyclic) bond motifs is 6. The SMILES string of the molecule is N#Cc1cccc2c1sc1ccc(-n3c4ccccc4c4c(C#N)cccc43)cc12. The van der Waals surface area contributed by atoms with Crippen LogP contribution in [0.25, 0.3) is 47.7 Å². The maximum Gasteiger partial charge on any atom is 0.101 e. The zero-order chi connectivity index (χ0) is 20.2. The van der Waals surface area contributed by atoms with Crippen molar-refractivity contribution in [3.63, 3.8) is 0 Å². The fraction of sp³-hybridized carbons (Fsp3) is 0. The first-order chi connectivity index (χ1) is 14.8. The van der Waals surface area contributed by atoms with E-state index in [1.54, 1.807) is 11.3 Å². The zero-order valence-electron chi connectivity index (χ0n) is 15.8. The summed E-state index contributed by atoms with van der Waals surface area (Å²) < 4.78 is 4.42. The molecule has 0 spiro atoms. The van der Waals surface area contributed by atoms with E-state index in [0.29, 0.717) is 11.1 Å². The number of thiophene rings is 1. The molecule has 0 radical (unpaired) electrons. The van der Waals surface area contributed by atoms with Crippen molar-refractivity contribution in [3.05, 3.63) is 90.0 Å². The molecule has 0 saturated heterocycles. The molecule has 3 nitrogen and oxygen atoms in total. The second kappa shape index (κ2) is 6.19. The van der Waals surface area contributed by atoms with E-state index in [4.69, 9.17) is 0 Å². The van der Waals surface area contributed by atoms with Gasteiger partial charge in [-0.2, -0.15) is 10.5 Å². The number of nitriles is 2. The fourth-order valence-electron chi connectivity index (χ4n) is 4.40. The Bertz CT molecular complexity index is 1720. The molecule has 138 valence electrons. The van der Waals surface area contributed by atoms with Crippen molar-refractivity contribution >= 4 is 53.3 Å². The zero-order valence-corrected chi connectivity index (χ0v) is 16.6. The van der Waals surface area contributed by atoms with Gasteiger partial charge in [-0.15, -0.1) is 11.3 Å². The minimum atomic E-state index is 0.683. The van der Waals surface area contributed by atoms with E-state index in [1.165, 1.54) is 0 Å². The molecule has 0 aliphatic heterocycles. The Labute approximate surface area is 176 Å². The highest BCUT2D eigenvalue weighted by atomic mass is 32.1. The van der Waals surface area contributed by atoms with Crippen LogP contribution in [-0.4, -0.2) is 4.57 Å². The number of hydrogen-bond donors (Lipinski definition) is 0. The van der Waals surface area contributed by atoms with Gasteiger partial charge in [-0.25, -0.2) is 0 Å². The van der Waals surface area contributed by atoms with Crippen molar-refractivity contribution in [1.29, 1.82) is 10.5 Å². The summed E-state index contributed by atoms with van der Waals surface area (Å²) in [7, 11) is 0. The van der Waals surface area contributed by atoms with E-state index < -0.39 is 0 Å². The van der Waals surface area contributed by atoms with Crippen LogP contribution in [0.4, 0.5) is 0 Å². The lowest BCUT2D eigenvalue weighted by molar-refractivity contribution is 1.19. The molecule has 0 amide bonds. The molecule has 0 fully saturated rings. The highest BCUT2D eigenvalue weighted by Crippen LogP contribution is 2.39. The maximum absolute atomic E-state index is 9.67. The summed E-state index contributed by atoms with van der Waals surface area (Å²) in [6.07, 6.45) is 0. The summed E-state index contributed by atoms with van der Waals surface area (Å²) in [5.74, 6) is 0. The normalized spacial score (nSPS) is 11.3. The highest BCUT2D eigenvalue weighted by Gasteiger charge is 2.16. The molecule has 6 aromatic rings. The Hall–Kier alpha value is -4.12. The summed E-state index contributed by atoms with van der Waals surface area (Å²) in [5, 5.41) is 23.5. The lowest BCUT2D eigenvalue weighted by atomic mass is 10.1.